The Labute approximate surface area is 92.0 Å². The van der Waals surface area contributed by atoms with Crippen molar-refractivity contribution in [3.05, 3.63) is 34.3 Å². The third-order valence-electron chi connectivity index (χ3n) is 1.54. The van der Waals surface area contributed by atoms with E-state index in [0.717, 1.165) is 10.0 Å². The molecule has 1 aromatic rings. The first kappa shape index (κ1) is 12.6. The zero-order chi connectivity index (χ0) is 8.97. The molecule has 0 amide bonds. The minimum atomic E-state index is 0. The van der Waals surface area contributed by atoms with Crippen LogP contribution in [0, 0.1) is 0 Å². The van der Waals surface area contributed by atoms with Gasteiger partial charge in [-0.3, -0.25) is 4.79 Å². The molecule has 0 unspecified atom stereocenters. The van der Waals surface area contributed by atoms with Crippen LogP contribution in [0.4, 0.5) is 0 Å². The molecule has 0 aromatic heterocycles. The van der Waals surface area contributed by atoms with E-state index in [2.05, 4.69) is 15.9 Å². The molecule has 0 atom stereocenters. The maximum absolute atomic E-state index is 10.9. The number of hydrogen-bond donors (Lipinski definition) is 1. The first-order valence-electron chi connectivity index (χ1n) is 3.68. The Bertz CT molecular complexity index is 273. The van der Waals surface area contributed by atoms with Gasteiger partial charge >= 0.3 is 0 Å². The molecule has 13 heavy (non-hydrogen) atoms. The molecule has 1 aromatic carbocycles. The number of rotatable bonds is 3. The average Bonchev–Trinajstić information content (AvgIpc) is 2.09. The van der Waals surface area contributed by atoms with Crippen LogP contribution in [0.3, 0.4) is 0 Å². The van der Waals surface area contributed by atoms with E-state index in [9.17, 15) is 4.79 Å². The molecular weight excluding hydrogens is 253 g/mol. The smallest absolute Gasteiger partial charge is 0.150 e. The summed E-state index contributed by atoms with van der Waals surface area (Å²) in [6, 6.07) is 7.66. The van der Waals surface area contributed by atoms with Crippen molar-refractivity contribution in [2.45, 2.75) is 6.42 Å². The van der Waals surface area contributed by atoms with E-state index in [4.69, 9.17) is 5.73 Å². The summed E-state index contributed by atoms with van der Waals surface area (Å²) in [4.78, 5) is 10.9. The van der Waals surface area contributed by atoms with Gasteiger partial charge < -0.3 is 5.73 Å². The molecule has 0 fully saturated rings. The van der Waals surface area contributed by atoms with E-state index >= 15 is 0 Å². The number of carbonyl (C=O) groups is 1. The lowest BCUT2D eigenvalue weighted by Crippen LogP contribution is -2.15. The van der Waals surface area contributed by atoms with Crippen LogP contribution in [-0.2, 0) is 11.2 Å². The molecule has 0 saturated heterocycles. The van der Waals surface area contributed by atoms with Crippen molar-refractivity contribution in [3.8, 4) is 0 Å². The van der Waals surface area contributed by atoms with E-state index in [1.807, 2.05) is 24.3 Å². The van der Waals surface area contributed by atoms with Gasteiger partial charge in [0, 0.05) is 10.9 Å². The lowest BCUT2D eigenvalue weighted by atomic mass is 10.1. The van der Waals surface area contributed by atoms with Crippen molar-refractivity contribution < 1.29 is 4.79 Å². The lowest BCUT2D eigenvalue weighted by Gasteiger charge is -1.98. The summed E-state index contributed by atoms with van der Waals surface area (Å²) in [5, 5.41) is 0. The molecular formula is C9H11BrClNO. The van der Waals surface area contributed by atoms with Gasteiger partial charge in [-0.1, -0.05) is 28.1 Å². The molecule has 0 heterocycles. The number of carbonyl (C=O) groups excluding carboxylic acids is 1. The fourth-order valence-electron chi connectivity index (χ4n) is 0.902. The second-order valence-corrected chi connectivity index (χ2v) is 3.46. The standard InChI is InChI=1S/C9H10BrNO.ClH/c10-8-3-1-7(2-4-8)5-9(12)6-11;/h1-4H,5-6,11H2;1H. The Morgan fingerprint density at radius 3 is 2.31 bits per heavy atom. The summed E-state index contributed by atoms with van der Waals surface area (Å²) in [7, 11) is 0. The summed E-state index contributed by atoms with van der Waals surface area (Å²) in [6.07, 6.45) is 0.434. The third kappa shape index (κ3) is 4.41. The minimum Gasteiger partial charge on any atom is -0.324 e. The summed E-state index contributed by atoms with van der Waals surface area (Å²) >= 11 is 3.32. The van der Waals surface area contributed by atoms with Crippen molar-refractivity contribution in [1.29, 1.82) is 0 Å². The van der Waals surface area contributed by atoms with Gasteiger partial charge in [0.25, 0.3) is 0 Å². The van der Waals surface area contributed by atoms with Crippen LogP contribution in [0.2, 0.25) is 0 Å². The van der Waals surface area contributed by atoms with Crippen LogP contribution in [0.15, 0.2) is 28.7 Å². The number of benzene rings is 1. The molecule has 2 N–H and O–H groups in total. The third-order valence-corrected chi connectivity index (χ3v) is 2.07. The van der Waals surface area contributed by atoms with Crippen molar-refractivity contribution in [3.63, 3.8) is 0 Å². The molecule has 1 rings (SSSR count). The van der Waals surface area contributed by atoms with Crippen LogP contribution >= 0.6 is 28.3 Å². The zero-order valence-electron chi connectivity index (χ0n) is 7.00. The number of nitrogens with two attached hydrogens (primary N) is 1. The van der Waals surface area contributed by atoms with Crippen molar-refractivity contribution in [1.82, 2.24) is 0 Å². The molecule has 0 radical (unpaired) electrons. The highest BCUT2D eigenvalue weighted by molar-refractivity contribution is 9.10. The molecule has 0 spiro atoms. The van der Waals surface area contributed by atoms with E-state index in [1.54, 1.807) is 0 Å². The Hall–Kier alpha value is -0.380. The fraction of sp³-hybridized carbons (Fsp3) is 0.222. The number of hydrogen-bond acceptors (Lipinski definition) is 2. The average molecular weight is 265 g/mol. The van der Waals surface area contributed by atoms with E-state index in [-0.39, 0.29) is 24.7 Å². The second kappa shape index (κ2) is 6.13. The highest BCUT2D eigenvalue weighted by atomic mass is 79.9. The first-order chi connectivity index (χ1) is 5.72. The lowest BCUT2D eigenvalue weighted by molar-refractivity contribution is -0.117. The Balaban J connectivity index is 0.00000144. The quantitative estimate of drug-likeness (QED) is 0.907. The van der Waals surface area contributed by atoms with Gasteiger partial charge in [0.05, 0.1) is 6.54 Å². The zero-order valence-corrected chi connectivity index (χ0v) is 9.40. The molecule has 72 valence electrons. The predicted molar refractivity (Wildman–Crippen MR) is 59.2 cm³/mol. The number of Topliss-reactive ketones (excluding diaryl/α,β-unsaturated/α-hetero) is 1. The topological polar surface area (TPSA) is 43.1 Å². The maximum Gasteiger partial charge on any atom is 0.150 e. The first-order valence-corrected chi connectivity index (χ1v) is 4.48. The molecule has 0 aliphatic rings. The second-order valence-electron chi connectivity index (χ2n) is 2.55. The normalized spacial score (nSPS) is 9.08. The number of halogens is 2. The van der Waals surface area contributed by atoms with Gasteiger partial charge in [-0.15, -0.1) is 12.4 Å². The van der Waals surface area contributed by atoms with Gasteiger partial charge in [0.15, 0.2) is 5.78 Å². The van der Waals surface area contributed by atoms with Crippen molar-refractivity contribution in [2.75, 3.05) is 6.54 Å². The van der Waals surface area contributed by atoms with Crippen molar-refractivity contribution in [2.24, 2.45) is 5.73 Å². The molecule has 0 aliphatic carbocycles. The van der Waals surface area contributed by atoms with Gasteiger partial charge in [-0.05, 0) is 17.7 Å². The summed E-state index contributed by atoms with van der Waals surface area (Å²) in [5.41, 5.74) is 6.20. The highest BCUT2D eigenvalue weighted by Gasteiger charge is 1.99. The van der Waals surface area contributed by atoms with E-state index < -0.39 is 0 Å². The molecule has 0 bridgehead atoms. The van der Waals surface area contributed by atoms with Gasteiger partial charge in [0.1, 0.15) is 0 Å². The van der Waals surface area contributed by atoms with Crippen LogP contribution < -0.4 is 5.73 Å². The van der Waals surface area contributed by atoms with Gasteiger partial charge in [-0.2, -0.15) is 0 Å². The van der Waals surface area contributed by atoms with E-state index in [0.29, 0.717) is 6.42 Å². The van der Waals surface area contributed by atoms with Gasteiger partial charge in [-0.25, -0.2) is 0 Å². The molecule has 4 heteroatoms. The Morgan fingerprint density at radius 1 is 1.31 bits per heavy atom. The van der Waals surface area contributed by atoms with Gasteiger partial charge in [0.2, 0.25) is 0 Å². The highest BCUT2D eigenvalue weighted by Crippen LogP contribution is 2.10. The summed E-state index contributed by atoms with van der Waals surface area (Å²) < 4.78 is 1.02. The molecule has 0 aliphatic heterocycles. The minimum absolute atomic E-state index is 0. The van der Waals surface area contributed by atoms with Crippen LogP contribution in [0.1, 0.15) is 5.56 Å². The molecule has 2 nitrogen and oxygen atoms in total. The fourth-order valence-corrected chi connectivity index (χ4v) is 1.17. The van der Waals surface area contributed by atoms with Crippen LogP contribution in [0.5, 0.6) is 0 Å². The largest absolute Gasteiger partial charge is 0.324 e. The SMILES string of the molecule is Cl.NCC(=O)Cc1ccc(Br)cc1. The Morgan fingerprint density at radius 2 is 1.85 bits per heavy atom. The Kier molecular flexibility index (Phi) is 5.95. The van der Waals surface area contributed by atoms with Crippen molar-refractivity contribution >= 4 is 34.1 Å². The predicted octanol–water partition coefficient (Wildman–Crippen LogP) is 1.94. The van der Waals surface area contributed by atoms with Crippen LogP contribution in [0.25, 0.3) is 0 Å². The monoisotopic (exact) mass is 263 g/mol. The van der Waals surface area contributed by atoms with E-state index in [1.165, 1.54) is 0 Å². The maximum atomic E-state index is 10.9. The molecule has 0 saturated carbocycles. The summed E-state index contributed by atoms with van der Waals surface area (Å²) in [6.45, 7) is 0.121. The summed E-state index contributed by atoms with van der Waals surface area (Å²) in [5.74, 6) is 0.0670. The van der Waals surface area contributed by atoms with Crippen LogP contribution in [-0.4, -0.2) is 12.3 Å². The number of ketones is 1.